The van der Waals surface area contributed by atoms with Crippen molar-refractivity contribution in [3.8, 4) is 5.75 Å². The second-order valence-corrected chi connectivity index (χ2v) is 4.60. The van der Waals surface area contributed by atoms with Gasteiger partial charge >= 0.3 is 0 Å². The summed E-state index contributed by atoms with van der Waals surface area (Å²) in [6.45, 7) is 6.99. The van der Waals surface area contributed by atoms with Crippen LogP contribution in [0.15, 0.2) is 23.2 Å². The summed E-state index contributed by atoms with van der Waals surface area (Å²) in [5, 5.41) is 6.33. The average molecular weight is 439 g/mol. The van der Waals surface area contributed by atoms with E-state index >= 15 is 0 Å². The van der Waals surface area contributed by atoms with E-state index in [1.807, 2.05) is 19.9 Å². The van der Waals surface area contributed by atoms with Crippen LogP contribution in [0, 0.1) is 5.82 Å². The number of aliphatic imine (C=N–C) groups is 1. The topological polar surface area (TPSA) is 54.9 Å². The molecular weight excluding hydrogens is 412 g/mol. The summed E-state index contributed by atoms with van der Waals surface area (Å²) >= 11 is 0. The van der Waals surface area contributed by atoms with E-state index in [1.54, 1.807) is 13.1 Å². The highest BCUT2D eigenvalue weighted by atomic mass is 127. The maximum atomic E-state index is 13.8. The zero-order chi connectivity index (χ0) is 16.2. The number of hydrogen-bond donors (Lipinski definition) is 2. The van der Waals surface area contributed by atoms with E-state index in [4.69, 9.17) is 9.47 Å². The lowest BCUT2D eigenvalue weighted by Gasteiger charge is -2.12. The molecule has 5 nitrogen and oxygen atoms in total. The monoisotopic (exact) mass is 439 g/mol. The quantitative estimate of drug-likeness (QED) is 0.269. The lowest BCUT2D eigenvalue weighted by molar-refractivity contribution is 0.145. The standard InChI is InChI=1S/C16H26FN3O2.HI/c1-4-21-10-6-9-19-16(18-3)20-12-13-7-8-15(22-5-2)14(17)11-13;/h7-8,11H,4-6,9-10,12H2,1-3H3,(H2,18,19,20);1H. The number of halogens is 2. The lowest BCUT2D eigenvalue weighted by Crippen LogP contribution is -2.37. The van der Waals surface area contributed by atoms with E-state index in [1.165, 1.54) is 6.07 Å². The summed E-state index contributed by atoms with van der Waals surface area (Å²) in [6, 6.07) is 4.96. The minimum Gasteiger partial charge on any atom is -0.491 e. The van der Waals surface area contributed by atoms with Crippen LogP contribution in [0.25, 0.3) is 0 Å². The van der Waals surface area contributed by atoms with Crippen LogP contribution in [0.1, 0.15) is 25.8 Å². The van der Waals surface area contributed by atoms with Gasteiger partial charge in [0.2, 0.25) is 0 Å². The van der Waals surface area contributed by atoms with E-state index in [0.717, 1.165) is 31.7 Å². The highest BCUT2D eigenvalue weighted by Gasteiger charge is 2.05. The van der Waals surface area contributed by atoms with Gasteiger partial charge in [-0.15, -0.1) is 24.0 Å². The molecule has 0 saturated heterocycles. The number of ether oxygens (including phenoxy) is 2. The van der Waals surface area contributed by atoms with Gasteiger partial charge in [0.25, 0.3) is 0 Å². The molecule has 0 aromatic heterocycles. The summed E-state index contributed by atoms with van der Waals surface area (Å²) in [7, 11) is 1.71. The molecule has 0 radical (unpaired) electrons. The largest absolute Gasteiger partial charge is 0.491 e. The molecule has 0 aliphatic rings. The second kappa shape index (κ2) is 13.4. The van der Waals surface area contributed by atoms with Crippen molar-refractivity contribution in [3.05, 3.63) is 29.6 Å². The molecule has 1 aromatic carbocycles. The second-order valence-electron chi connectivity index (χ2n) is 4.60. The van der Waals surface area contributed by atoms with Crippen LogP contribution in [0.5, 0.6) is 5.75 Å². The maximum absolute atomic E-state index is 13.8. The number of hydrogen-bond acceptors (Lipinski definition) is 3. The molecule has 0 fully saturated rings. The van der Waals surface area contributed by atoms with Crippen LogP contribution >= 0.6 is 24.0 Å². The number of rotatable bonds is 9. The van der Waals surface area contributed by atoms with Gasteiger partial charge in [-0.2, -0.15) is 0 Å². The predicted octanol–water partition coefficient (Wildman–Crippen LogP) is 2.93. The summed E-state index contributed by atoms with van der Waals surface area (Å²) in [4.78, 5) is 4.13. The molecule has 0 amide bonds. The summed E-state index contributed by atoms with van der Waals surface area (Å²) in [5.41, 5.74) is 0.832. The number of nitrogens with one attached hydrogen (secondary N) is 2. The number of benzene rings is 1. The van der Waals surface area contributed by atoms with Crippen molar-refractivity contribution in [3.63, 3.8) is 0 Å². The zero-order valence-corrected chi connectivity index (χ0v) is 16.4. The molecule has 0 aliphatic carbocycles. The van der Waals surface area contributed by atoms with Crippen LogP contribution in [0.2, 0.25) is 0 Å². The normalized spacial score (nSPS) is 10.9. The lowest BCUT2D eigenvalue weighted by atomic mass is 10.2. The van der Waals surface area contributed by atoms with E-state index in [-0.39, 0.29) is 35.5 Å². The fraction of sp³-hybridized carbons (Fsp3) is 0.562. The third-order valence-corrected chi connectivity index (χ3v) is 2.94. The Morgan fingerprint density at radius 3 is 2.61 bits per heavy atom. The Hall–Kier alpha value is -1.09. The van der Waals surface area contributed by atoms with Crippen LogP contribution in [-0.2, 0) is 11.3 Å². The van der Waals surface area contributed by atoms with Crippen molar-refractivity contribution in [1.82, 2.24) is 10.6 Å². The van der Waals surface area contributed by atoms with Gasteiger partial charge in [-0.1, -0.05) is 6.07 Å². The van der Waals surface area contributed by atoms with Gasteiger partial charge in [0.1, 0.15) is 0 Å². The molecule has 2 N–H and O–H groups in total. The number of nitrogens with zero attached hydrogens (tertiary/aromatic N) is 1. The Labute approximate surface area is 155 Å². The molecule has 0 bridgehead atoms. The zero-order valence-electron chi connectivity index (χ0n) is 14.0. The molecule has 0 aliphatic heterocycles. The maximum Gasteiger partial charge on any atom is 0.191 e. The Balaban J connectivity index is 0.00000484. The summed E-state index contributed by atoms with van der Waals surface area (Å²) in [5.74, 6) is 0.622. The molecule has 1 rings (SSSR count). The highest BCUT2D eigenvalue weighted by Crippen LogP contribution is 2.18. The van der Waals surface area contributed by atoms with E-state index in [2.05, 4.69) is 15.6 Å². The Bertz CT molecular complexity index is 473. The van der Waals surface area contributed by atoms with Crippen molar-refractivity contribution in [2.45, 2.75) is 26.8 Å². The van der Waals surface area contributed by atoms with Crippen LogP contribution < -0.4 is 15.4 Å². The third kappa shape index (κ3) is 8.95. The van der Waals surface area contributed by atoms with Crippen molar-refractivity contribution in [2.75, 3.05) is 33.4 Å². The highest BCUT2D eigenvalue weighted by molar-refractivity contribution is 14.0. The minimum atomic E-state index is -0.346. The fourth-order valence-corrected chi connectivity index (χ4v) is 1.86. The predicted molar refractivity (Wildman–Crippen MR) is 102 cm³/mol. The first-order chi connectivity index (χ1) is 10.7. The van der Waals surface area contributed by atoms with Crippen LogP contribution in [-0.4, -0.2) is 39.4 Å². The first kappa shape index (κ1) is 21.9. The van der Waals surface area contributed by atoms with Crippen molar-refractivity contribution < 1.29 is 13.9 Å². The van der Waals surface area contributed by atoms with Gasteiger partial charge in [0.15, 0.2) is 17.5 Å². The van der Waals surface area contributed by atoms with Gasteiger partial charge in [-0.05, 0) is 38.0 Å². The molecule has 23 heavy (non-hydrogen) atoms. The molecular formula is C16H27FIN3O2. The average Bonchev–Trinajstić information content (AvgIpc) is 2.52. The SMILES string of the molecule is CCOCCCNC(=NC)NCc1ccc(OCC)c(F)c1.I. The molecule has 0 unspecified atom stereocenters. The van der Waals surface area contributed by atoms with Gasteiger partial charge in [-0.25, -0.2) is 4.39 Å². The molecule has 0 spiro atoms. The van der Waals surface area contributed by atoms with Crippen molar-refractivity contribution in [1.29, 1.82) is 0 Å². The molecule has 7 heteroatoms. The molecule has 0 saturated carbocycles. The van der Waals surface area contributed by atoms with Gasteiger partial charge in [0, 0.05) is 33.4 Å². The Morgan fingerprint density at radius 1 is 1.22 bits per heavy atom. The van der Waals surface area contributed by atoms with Crippen molar-refractivity contribution >= 4 is 29.9 Å². The molecule has 1 aromatic rings. The summed E-state index contributed by atoms with van der Waals surface area (Å²) < 4.78 is 24.2. The van der Waals surface area contributed by atoms with Gasteiger partial charge < -0.3 is 20.1 Å². The smallest absolute Gasteiger partial charge is 0.191 e. The van der Waals surface area contributed by atoms with E-state index in [9.17, 15) is 4.39 Å². The minimum absolute atomic E-state index is 0. The van der Waals surface area contributed by atoms with E-state index < -0.39 is 0 Å². The first-order valence-corrected chi connectivity index (χ1v) is 7.64. The third-order valence-electron chi connectivity index (χ3n) is 2.94. The Morgan fingerprint density at radius 2 is 2.00 bits per heavy atom. The van der Waals surface area contributed by atoms with Gasteiger partial charge in [-0.3, -0.25) is 4.99 Å². The molecule has 0 atom stereocenters. The van der Waals surface area contributed by atoms with Gasteiger partial charge in [0.05, 0.1) is 6.61 Å². The van der Waals surface area contributed by atoms with Crippen LogP contribution in [0.4, 0.5) is 4.39 Å². The van der Waals surface area contributed by atoms with Crippen LogP contribution in [0.3, 0.4) is 0 Å². The summed E-state index contributed by atoms with van der Waals surface area (Å²) in [6.07, 6.45) is 0.909. The van der Waals surface area contributed by atoms with Crippen molar-refractivity contribution in [2.24, 2.45) is 4.99 Å². The number of guanidine groups is 1. The Kier molecular flexibility index (Phi) is 12.7. The van der Waals surface area contributed by atoms with E-state index in [0.29, 0.717) is 19.1 Å². The fourth-order valence-electron chi connectivity index (χ4n) is 1.86. The molecule has 132 valence electrons. The first-order valence-electron chi connectivity index (χ1n) is 7.64. The molecule has 0 heterocycles.